The maximum absolute atomic E-state index is 5.97. The number of nitrogen functional groups attached to an aromatic ring is 1. The highest BCUT2D eigenvalue weighted by Gasteiger charge is 2.07. The van der Waals surface area contributed by atoms with Crippen LogP contribution in [0.2, 0.25) is 0 Å². The molecule has 0 unspecified atom stereocenters. The number of benzene rings is 2. The Bertz CT molecular complexity index is 818. The van der Waals surface area contributed by atoms with Crippen LogP contribution in [-0.4, -0.2) is 20.3 Å². The van der Waals surface area contributed by atoms with Crippen LogP contribution in [0.15, 0.2) is 46.9 Å². The van der Waals surface area contributed by atoms with Crippen molar-refractivity contribution in [3.8, 4) is 5.75 Å². The highest BCUT2D eigenvalue weighted by Crippen LogP contribution is 2.24. The molecular formula is C16H17BrN6O. The average Bonchev–Trinajstić information content (AvgIpc) is 2.98. The molecule has 3 rings (SSSR count). The van der Waals surface area contributed by atoms with Crippen molar-refractivity contribution in [2.24, 2.45) is 0 Å². The molecule has 3 N–H and O–H groups in total. The van der Waals surface area contributed by atoms with Gasteiger partial charge in [-0.1, -0.05) is 50.9 Å². The summed E-state index contributed by atoms with van der Waals surface area (Å²) < 4.78 is 6.93. The van der Waals surface area contributed by atoms with Crippen LogP contribution in [0.25, 0.3) is 0 Å². The molecule has 7 nitrogen and oxygen atoms in total. The number of ether oxygens (including phenoxy) is 1. The molecular weight excluding hydrogens is 372 g/mol. The molecule has 0 amide bonds. The van der Waals surface area contributed by atoms with Crippen molar-refractivity contribution < 1.29 is 4.74 Å². The third-order valence-electron chi connectivity index (χ3n) is 3.45. The van der Waals surface area contributed by atoms with Gasteiger partial charge in [-0.15, -0.1) is 4.79 Å². The van der Waals surface area contributed by atoms with E-state index >= 15 is 0 Å². The molecule has 124 valence electrons. The minimum Gasteiger partial charge on any atom is -0.489 e. The summed E-state index contributed by atoms with van der Waals surface area (Å²) in [5.74, 6) is 0.991. The van der Waals surface area contributed by atoms with Crippen molar-refractivity contribution >= 4 is 21.9 Å². The molecule has 0 saturated heterocycles. The largest absolute Gasteiger partial charge is 0.489 e. The Morgan fingerprint density at radius 1 is 1.21 bits per heavy atom. The lowest BCUT2D eigenvalue weighted by atomic mass is 10.1. The summed E-state index contributed by atoms with van der Waals surface area (Å²) in [5.41, 5.74) is 12.0. The second-order valence-corrected chi connectivity index (χ2v) is 6.23. The summed E-state index contributed by atoms with van der Waals surface area (Å²) in [6.45, 7) is 3.04. The van der Waals surface area contributed by atoms with Gasteiger partial charge in [0.15, 0.2) is 0 Å². The molecule has 24 heavy (non-hydrogen) atoms. The van der Waals surface area contributed by atoms with E-state index in [1.807, 2.05) is 18.2 Å². The number of nitrogens with zero attached hydrogens (tertiary/aromatic N) is 4. The van der Waals surface area contributed by atoms with E-state index in [1.165, 1.54) is 10.4 Å². The number of hydrogen-bond acceptors (Lipinski definition) is 6. The summed E-state index contributed by atoms with van der Waals surface area (Å²) in [4.78, 5) is 1.32. The van der Waals surface area contributed by atoms with E-state index in [0.717, 1.165) is 21.3 Å². The number of aromatic nitrogens is 4. The first-order valence-electron chi connectivity index (χ1n) is 7.36. The Labute approximate surface area is 147 Å². The first-order chi connectivity index (χ1) is 11.6. The van der Waals surface area contributed by atoms with Gasteiger partial charge < -0.3 is 15.9 Å². The van der Waals surface area contributed by atoms with Gasteiger partial charge in [-0.05, 0) is 41.1 Å². The third-order valence-corrected chi connectivity index (χ3v) is 3.94. The molecule has 0 fully saturated rings. The molecule has 1 heterocycles. The predicted molar refractivity (Wildman–Crippen MR) is 94.9 cm³/mol. The number of rotatable bonds is 6. The second-order valence-electron chi connectivity index (χ2n) is 5.31. The minimum atomic E-state index is 0.201. The summed E-state index contributed by atoms with van der Waals surface area (Å²) in [6.07, 6.45) is 0. The summed E-state index contributed by atoms with van der Waals surface area (Å²) >= 11 is 3.48. The summed E-state index contributed by atoms with van der Waals surface area (Å²) in [7, 11) is 0. The number of nitrogens with two attached hydrogens (primary N) is 1. The van der Waals surface area contributed by atoms with E-state index in [-0.39, 0.29) is 5.95 Å². The highest BCUT2D eigenvalue weighted by atomic mass is 79.9. The van der Waals surface area contributed by atoms with Gasteiger partial charge in [0, 0.05) is 10.0 Å². The van der Waals surface area contributed by atoms with Gasteiger partial charge in [0.2, 0.25) is 0 Å². The van der Waals surface area contributed by atoms with Crippen molar-refractivity contribution in [1.29, 1.82) is 0 Å². The van der Waals surface area contributed by atoms with Crippen molar-refractivity contribution in [2.75, 3.05) is 11.2 Å². The number of hydrogen-bond donors (Lipinski definition) is 2. The average molecular weight is 389 g/mol. The van der Waals surface area contributed by atoms with Crippen LogP contribution >= 0.6 is 15.9 Å². The Balaban J connectivity index is 1.70. The van der Waals surface area contributed by atoms with Crippen molar-refractivity contribution in [3.63, 3.8) is 0 Å². The van der Waals surface area contributed by atoms with Crippen LogP contribution in [0.1, 0.15) is 16.7 Å². The van der Waals surface area contributed by atoms with Crippen LogP contribution in [-0.2, 0) is 13.2 Å². The zero-order valence-corrected chi connectivity index (χ0v) is 14.7. The smallest absolute Gasteiger partial charge is 0.260 e. The predicted octanol–water partition coefficient (Wildman–Crippen LogP) is 2.65. The third kappa shape index (κ3) is 4.02. The maximum atomic E-state index is 5.97. The van der Waals surface area contributed by atoms with E-state index < -0.39 is 0 Å². The molecule has 0 aliphatic rings. The van der Waals surface area contributed by atoms with E-state index in [4.69, 9.17) is 10.5 Å². The van der Waals surface area contributed by atoms with Gasteiger partial charge >= 0.3 is 0 Å². The molecule has 0 bridgehead atoms. The van der Waals surface area contributed by atoms with Crippen LogP contribution in [0.3, 0.4) is 0 Å². The zero-order valence-electron chi connectivity index (χ0n) is 13.1. The molecule has 0 aliphatic carbocycles. The molecule has 0 saturated carbocycles. The lowest BCUT2D eigenvalue weighted by molar-refractivity contribution is 0.303. The fraction of sp³-hybridized carbons (Fsp3) is 0.188. The monoisotopic (exact) mass is 388 g/mol. The zero-order chi connectivity index (χ0) is 16.9. The molecule has 0 radical (unpaired) electrons. The Kier molecular flexibility index (Phi) is 4.95. The number of halogens is 1. The van der Waals surface area contributed by atoms with Gasteiger partial charge in [-0.3, -0.25) is 0 Å². The second kappa shape index (κ2) is 7.31. The number of anilines is 1. The quantitative estimate of drug-likeness (QED) is 0.674. The summed E-state index contributed by atoms with van der Waals surface area (Å²) in [5, 5.41) is 10.9. The van der Waals surface area contributed by atoms with Gasteiger partial charge in [-0.2, -0.15) is 0 Å². The van der Waals surface area contributed by atoms with E-state index in [2.05, 4.69) is 68.1 Å². The number of nitrogens with one attached hydrogen (secondary N) is 1. The van der Waals surface area contributed by atoms with E-state index in [0.29, 0.717) is 13.2 Å². The number of aryl methyl sites for hydroxylation is 1. The fourth-order valence-corrected chi connectivity index (χ4v) is 2.55. The molecule has 0 aliphatic heterocycles. The van der Waals surface area contributed by atoms with Crippen molar-refractivity contribution in [3.05, 3.63) is 63.6 Å². The van der Waals surface area contributed by atoms with Gasteiger partial charge in [0.1, 0.15) is 12.4 Å². The topological polar surface area (TPSA) is 90.9 Å². The van der Waals surface area contributed by atoms with Crippen molar-refractivity contribution in [2.45, 2.75) is 20.1 Å². The SMILES string of the molecule is Cc1ccc(COc2ccc(Br)cc2CNn2nnnc2N)cc1. The van der Waals surface area contributed by atoms with E-state index in [1.54, 1.807) is 0 Å². The van der Waals surface area contributed by atoms with Crippen molar-refractivity contribution in [1.82, 2.24) is 20.3 Å². The minimum absolute atomic E-state index is 0.201. The highest BCUT2D eigenvalue weighted by molar-refractivity contribution is 9.10. The first-order valence-corrected chi connectivity index (χ1v) is 8.15. The molecule has 2 aromatic carbocycles. The lowest BCUT2D eigenvalue weighted by Crippen LogP contribution is -2.18. The van der Waals surface area contributed by atoms with E-state index in [9.17, 15) is 0 Å². The molecule has 8 heteroatoms. The van der Waals surface area contributed by atoms with Gasteiger partial charge in [0.05, 0.1) is 6.54 Å². The lowest BCUT2D eigenvalue weighted by Gasteiger charge is -2.13. The molecule has 1 aromatic heterocycles. The standard InChI is InChI=1S/C16H17BrN6O/c1-11-2-4-12(5-3-11)10-24-15-7-6-14(17)8-13(15)9-19-23-16(18)20-21-22-23/h2-8,19H,9-10H2,1H3,(H2,18,20,22). The molecule has 0 atom stereocenters. The Morgan fingerprint density at radius 3 is 2.71 bits per heavy atom. The Hall–Kier alpha value is -2.61. The number of tetrazole rings is 1. The normalized spacial score (nSPS) is 10.6. The summed E-state index contributed by atoms with van der Waals surface area (Å²) in [6, 6.07) is 14.1. The van der Waals surface area contributed by atoms with Crippen LogP contribution in [0.5, 0.6) is 5.75 Å². The van der Waals surface area contributed by atoms with Crippen LogP contribution in [0.4, 0.5) is 5.95 Å². The maximum Gasteiger partial charge on any atom is 0.260 e. The van der Waals surface area contributed by atoms with Gasteiger partial charge in [-0.25, -0.2) is 0 Å². The van der Waals surface area contributed by atoms with Gasteiger partial charge in [0.25, 0.3) is 5.95 Å². The molecule has 0 spiro atoms. The van der Waals surface area contributed by atoms with Crippen LogP contribution < -0.4 is 15.9 Å². The molecule has 3 aromatic rings. The Morgan fingerprint density at radius 2 is 2.00 bits per heavy atom. The first kappa shape index (κ1) is 16.3. The fourth-order valence-electron chi connectivity index (χ4n) is 2.14. The van der Waals surface area contributed by atoms with Crippen LogP contribution in [0, 0.1) is 6.92 Å².